The van der Waals surface area contributed by atoms with Gasteiger partial charge in [0.1, 0.15) is 0 Å². The molecule has 22 heavy (non-hydrogen) atoms. The summed E-state index contributed by atoms with van der Waals surface area (Å²) in [5.74, 6) is 1.52. The van der Waals surface area contributed by atoms with E-state index in [9.17, 15) is 9.90 Å². The highest BCUT2D eigenvalue weighted by molar-refractivity contribution is 5.95. The first-order valence-corrected chi connectivity index (χ1v) is 7.69. The highest BCUT2D eigenvalue weighted by atomic mass is 16.7. The van der Waals surface area contributed by atoms with Gasteiger partial charge in [-0.1, -0.05) is 0 Å². The van der Waals surface area contributed by atoms with Gasteiger partial charge in [0.25, 0.3) is 5.91 Å². The molecule has 1 unspecified atom stereocenters. The summed E-state index contributed by atoms with van der Waals surface area (Å²) in [6.45, 7) is 1.50. The molecule has 118 valence electrons. The average Bonchev–Trinajstić information content (AvgIpc) is 3.18. The third-order valence-electron chi connectivity index (χ3n) is 4.77. The second-order valence-electron chi connectivity index (χ2n) is 6.06. The fraction of sp³-hybridized carbons (Fsp3) is 0.562. The topological polar surface area (TPSA) is 68.2 Å². The van der Waals surface area contributed by atoms with Crippen LogP contribution in [0.4, 0.5) is 0 Å². The van der Waals surface area contributed by atoms with E-state index in [0.717, 1.165) is 12.8 Å². The predicted octanol–water partition coefficient (Wildman–Crippen LogP) is 1.03. The van der Waals surface area contributed by atoms with Crippen LogP contribution in [0.2, 0.25) is 0 Å². The van der Waals surface area contributed by atoms with Crippen molar-refractivity contribution in [1.82, 2.24) is 4.90 Å². The lowest BCUT2D eigenvalue weighted by molar-refractivity contribution is -0.0448. The molecule has 1 aromatic rings. The number of ether oxygens (including phenoxy) is 3. The Balaban J connectivity index is 1.56. The first-order chi connectivity index (χ1) is 10.8. The number of rotatable bonds is 2. The minimum absolute atomic E-state index is 0.00445. The maximum atomic E-state index is 12.8. The lowest BCUT2D eigenvalue weighted by Gasteiger charge is -2.37. The molecule has 6 heteroatoms. The summed E-state index contributed by atoms with van der Waals surface area (Å²) in [6.07, 6.45) is 1.67. The molecule has 0 aromatic heterocycles. The van der Waals surface area contributed by atoms with E-state index in [1.165, 1.54) is 0 Å². The SMILES string of the molecule is O=C(c1ccc2c(c1)OCO2)N1CCOC2C[C@H](CO)C[C@@H]21. The van der Waals surface area contributed by atoms with Crippen molar-refractivity contribution in [2.75, 3.05) is 26.6 Å². The minimum atomic E-state index is -0.00445. The first-order valence-electron chi connectivity index (χ1n) is 7.69. The van der Waals surface area contributed by atoms with Crippen LogP contribution < -0.4 is 9.47 Å². The molecule has 3 aliphatic rings. The van der Waals surface area contributed by atoms with Gasteiger partial charge in [0.15, 0.2) is 11.5 Å². The van der Waals surface area contributed by atoms with Crippen molar-refractivity contribution in [3.05, 3.63) is 23.8 Å². The normalized spacial score (nSPS) is 29.5. The maximum absolute atomic E-state index is 12.8. The lowest BCUT2D eigenvalue weighted by Crippen LogP contribution is -2.51. The number of carbonyl (C=O) groups is 1. The largest absolute Gasteiger partial charge is 0.454 e. The zero-order chi connectivity index (χ0) is 15.1. The number of fused-ring (bicyclic) bond motifs is 2. The van der Waals surface area contributed by atoms with E-state index in [0.29, 0.717) is 30.2 Å². The Morgan fingerprint density at radius 3 is 3.00 bits per heavy atom. The monoisotopic (exact) mass is 305 g/mol. The van der Waals surface area contributed by atoms with Crippen LogP contribution in [0, 0.1) is 5.92 Å². The highest BCUT2D eigenvalue weighted by Crippen LogP contribution is 2.36. The van der Waals surface area contributed by atoms with E-state index in [-0.39, 0.29) is 37.4 Å². The van der Waals surface area contributed by atoms with Crippen LogP contribution in [0.5, 0.6) is 11.5 Å². The van der Waals surface area contributed by atoms with Crippen molar-refractivity contribution in [3.8, 4) is 11.5 Å². The van der Waals surface area contributed by atoms with E-state index in [4.69, 9.17) is 14.2 Å². The van der Waals surface area contributed by atoms with Gasteiger partial charge in [-0.25, -0.2) is 0 Å². The molecular weight excluding hydrogens is 286 g/mol. The Labute approximate surface area is 128 Å². The van der Waals surface area contributed by atoms with Gasteiger partial charge in [0.05, 0.1) is 18.8 Å². The molecule has 0 radical (unpaired) electrons. The van der Waals surface area contributed by atoms with Crippen LogP contribution in [-0.4, -0.2) is 54.6 Å². The predicted molar refractivity (Wildman–Crippen MR) is 76.9 cm³/mol. The van der Waals surface area contributed by atoms with E-state index >= 15 is 0 Å². The molecule has 2 aliphatic heterocycles. The molecule has 1 saturated heterocycles. The fourth-order valence-corrected chi connectivity index (χ4v) is 3.65. The highest BCUT2D eigenvalue weighted by Gasteiger charge is 2.42. The molecule has 1 saturated carbocycles. The molecule has 6 nitrogen and oxygen atoms in total. The van der Waals surface area contributed by atoms with Crippen LogP contribution >= 0.6 is 0 Å². The number of amides is 1. The van der Waals surface area contributed by atoms with Crippen LogP contribution in [0.3, 0.4) is 0 Å². The van der Waals surface area contributed by atoms with Gasteiger partial charge in [-0.3, -0.25) is 4.79 Å². The van der Waals surface area contributed by atoms with Gasteiger partial charge in [0, 0.05) is 18.7 Å². The van der Waals surface area contributed by atoms with Crippen molar-refractivity contribution in [2.24, 2.45) is 5.92 Å². The third-order valence-corrected chi connectivity index (χ3v) is 4.77. The number of aliphatic hydroxyl groups is 1. The Morgan fingerprint density at radius 2 is 2.14 bits per heavy atom. The number of hydrogen-bond donors (Lipinski definition) is 1. The van der Waals surface area contributed by atoms with Gasteiger partial charge in [-0.2, -0.15) is 0 Å². The molecule has 2 heterocycles. The number of benzene rings is 1. The van der Waals surface area contributed by atoms with E-state index in [2.05, 4.69) is 0 Å². The molecule has 4 rings (SSSR count). The Kier molecular flexibility index (Phi) is 3.43. The van der Waals surface area contributed by atoms with E-state index < -0.39 is 0 Å². The molecule has 0 bridgehead atoms. The van der Waals surface area contributed by atoms with Crippen molar-refractivity contribution in [1.29, 1.82) is 0 Å². The first kappa shape index (κ1) is 13.8. The average molecular weight is 305 g/mol. The zero-order valence-corrected chi connectivity index (χ0v) is 12.2. The van der Waals surface area contributed by atoms with Crippen LogP contribution in [-0.2, 0) is 4.74 Å². The minimum Gasteiger partial charge on any atom is -0.454 e. The second kappa shape index (κ2) is 5.44. The number of nitrogens with zero attached hydrogens (tertiary/aromatic N) is 1. The zero-order valence-electron chi connectivity index (χ0n) is 12.2. The summed E-state index contributed by atoms with van der Waals surface area (Å²) in [5.41, 5.74) is 0.609. The van der Waals surface area contributed by atoms with Crippen molar-refractivity contribution < 1.29 is 24.1 Å². The summed E-state index contributed by atoms with van der Waals surface area (Å²) in [7, 11) is 0. The fourth-order valence-electron chi connectivity index (χ4n) is 3.65. The van der Waals surface area contributed by atoms with Crippen LogP contribution in [0.15, 0.2) is 18.2 Å². The molecule has 1 amide bonds. The van der Waals surface area contributed by atoms with E-state index in [1.807, 2.05) is 4.90 Å². The third kappa shape index (κ3) is 2.23. The molecule has 1 aliphatic carbocycles. The van der Waals surface area contributed by atoms with Crippen LogP contribution in [0.1, 0.15) is 23.2 Å². The molecule has 1 N–H and O–H groups in total. The van der Waals surface area contributed by atoms with Crippen LogP contribution in [0.25, 0.3) is 0 Å². The van der Waals surface area contributed by atoms with Crippen molar-refractivity contribution in [3.63, 3.8) is 0 Å². The van der Waals surface area contributed by atoms with Crippen molar-refractivity contribution in [2.45, 2.75) is 25.0 Å². The van der Waals surface area contributed by atoms with Crippen molar-refractivity contribution >= 4 is 5.91 Å². The number of carbonyl (C=O) groups excluding carboxylic acids is 1. The smallest absolute Gasteiger partial charge is 0.254 e. The summed E-state index contributed by atoms with van der Waals surface area (Å²) in [6, 6.07) is 5.36. The van der Waals surface area contributed by atoms with Gasteiger partial charge >= 0.3 is 0 Å². The maximum Gasteiger partial charge on any atom is 0.254 e. The number of morpholine rings is 1. The molecule has 1 aromatic carbocycles. The summed E-state index contributed by atoms with van der Waals surface area (Å²) >= 11 is 0. The number of aliphatic hydroxyl groups excluding tert-OH is 1. The van der Waals surface area contributed by atoms with Gasteiger partial charge < -0.3 is 24.2 Å². The Morgan fingerprint density at radius 1 is 1.27 bits per heavy atom. The Hall–Kier alpha value is -1.79. The van der Waals surface area contributed by atoms with E-state index in [1.54, 1.807) is 18.2 Å². The Bertz CT molecular complexity index is 590. The summed E-state index contributed by atoms with van der Waals surface area (Å²) in [5, 5.41) is 9.37. The molecular formula is C16H19NO5. The second-order valence-corrected chi connectivity index (χ2v) is 6.06. The molecule has 3 atom stereocenters. The number of hydrogen-bond acceptors (Lipinski definition) is 5. The summed E-state index contributed by atoms with van der Waals surface area (Å²) < 4.78 is 16.4. The van der Waals surface area contributed by atoms with Gasteiger partial charge in [-0.05, 0) is 37.0 Å². The molecule has 0 spiro atoms. The standard InChI is InChI=1S/C16H19NO5/c18-8-10-5-12-14(6-10)20-4-3-17(12)16(19)11-1-2-13-15(7-11)22-9-21-13/h1-2,7,10,12,14,18H,3-6,8-9H2/t10-,12+,14?/m1/s1. The lowest BCUT2D eigenvalue weighted by atomic mass is 10.1. The quantitative estimate of drug-likeness (QED) is 0.884. The molecule has 2 fully saturated rings. The van der Waals surface area contributed by atoms with Gasteiger partial charge in [0.2, 0.25) is 6.79 Å². The van der Waals surface area contributed by atoms with Gasteiger partial charge in [-0.15, -0.1) is 0 Å². The summed E-state index contributed by atoms with van der Waals surface area (Å²) in [4.78, 5) is 14.7.